The van der Waals surface area contributed by atoms with E-state index in [0.29, 0.717) is 12.8 Å². The van der Waals surface area contributed by atoms with Gasteiger partial charge in [0.1, 0.15) is 0 Å². The second-order valence-corrected chi connectivity index (χ2v) is 7.37. The predicted molar refractivity (Wildman–Crippen MR) is 86.2 cm³/mol. The Morgan fingerprint density at radius 2 is 1.48 bits per heavy atom. The van der Waals surface area contributed by atoms with Crippen LogP contribution in [0.4, 0.5) is 5.69 Å². The van der Waals surface area contributed by atoms with Crippen LogP contribution < -0.4 is 4.90 Å². The lowest BCUT2D eigenvalue weighted by molar-refractivity contribution is -0.133. The van der Waals surface area contributed by atoms with Crippen LogP contribution in [0.3, 0.4) is 0 Å². The van der Waals surface area contributed by atoms with Crippen molar-refractivity contribution in [1.82, 2.24) is 0 Å². The van der Waals surface area contributed by atoms with E-state index in [1.54, 1.807) is 0 Å². The Morgan fingerprint density at radius 1 is 1.00 bits per heavy atom. The highest BCUT2D eigenvalue weighted by Crippen LogP contribution is 2.47. The monoisotopic (exact) mass is 349 g/mol. The number of anilines is 1. The highest BCUT2D eigenvalue weighted by Gasteiger charge is 2.45. The lowest BCUT2D eigenvalue weighted by Gasteiger charge is -2.37. The van der Waals surface area contributed by atoms with Gasteiger partial charge in [-0.3, -0.25) is 14.5 Å². The molecule has 0 radical (unpaired) electrons. The zero-order chi connectivity index (χ0) is 15.2. The lowest BCUT2D eigenvalue weighted by Crippen LogP contribution is -2.47. The third-order valence-electron chi connectivity index (χ3n) is 4.89. The quantitative estimate of drug-likeness (QED) is 0.709. The molecule has 2 fully saturated rings. The number of hydrogen-bond donors (Lipinski definition) is 0. The number of imide groups is 1. The highest BCUT2D eigenvalue weighted by molar-refractivity contribution is 9.10. The molecule has 2 amide bonds. The summed E-state index contributed by atoms with van der Waals surface area (Å²) in [6.45, 7) is 3.97. The molecule has 1 spiro atoms. The largest absolute Gasteiger partial charge is 0.274 e. The van der Waals surface area contributed by atoms with Crippen LogP contribution in [-0.2, 0) is 9.59 Å². The Bertz CT molecular complexity index is 574. The molecule has 1 saturated heterocycles. The summed E-state index contributed by atoms with van der Waals surface area (Å²) in [5.74, 6) is -0.0662. The standard InChI is InChI=1S/C17H20BrNO2/c1-11-7-13(8-12(2)16(11)18)19-14(20)9-17(10-15(19)21)5-3-4-6-17/h7-8H,3-6,9-10H2,1-2H3. The van der Waals surface area contributed by atoms with Crippen molar-refractivity contribution in [1.29, 1.82) is 0 Å². The van der Waals surface area contributed by atoms with E-state index in [2.05, 4.69) is 15.9 Å². The van der Waals surface area contributed by atoms with Gasteiger partial charge in [0.2, 0.25) is 11.8 Å². The van der Waals surface area contributed by atoms with Crippen molar-refractivity contribution < 1.29 is 9.59 Å². The normalized spacial score (nSPS) is 21.4. The molecule has 1 aliphatic heterocycles. The van der Waals surface area contributed by atoms with Gasteiger partial charge in [0.05, 0.1) is 5.69 Å². The van der Waals surface area contributed by atoms with E-state index >= 15 is 0 Å². The van der Waals surface area contributed by atoms with E-state index in [-0.39, 0.29) is 17.2 Å². The van der Waals surface area contributed by atoms with Gasteiger partial charge in [0, 0.05) is 17.3 Å². The van der Waals surface area contributed by atoms with Crippen molar-refractivity contribution in [3.63, 3.8) is 0 Å². The number of benzene rings is 1. The molecule has 4 heteroatoms. The summed E-state index contributed by atoms with van der Waals surface area (Å²) >= 11 is 3.53. The fourth-order valence-corrected chi connectivity index (χ4v) is 4.05. The maximum atomic E-state index is 12.6. The summed E-state index contributed by atoms with van der Waals surface area (Å²) in [4.78, 5) is 26.5. The van der Waals surface area contributed by atoms with Gasteiger partial charge in [-0.2, -0.15) is 0 Å². The molecule has 1 saturated carbocycles. The first-order valence-electron chi connectivity index (χ1n) is 7.54. The van der Waals surface area contributed by atoms with Crippen molar-refractivity contribution in [2.75, 3.05) is 4.90 Å². The van der Waals surface area contributed by atoms with E-state index in [1.807, 2.05) is 26.0 Å². The molecule has 1 aliphatic carbocycles. The van der Waals surface area contributed by atoms with Crippen molar-refractivity contribution in [3.05, 3.63) is 27.7 Å². The first-order chi connectivity index (χ1) is 9.92. The minimum absolute atomic E-state index is 0.0331. The summed E-state index contributed by atoms with van der Waals surface area (Å²) in [6.07, 6.45) is 5.39. The molecule has 3 nitrogen and oxygen atoms in total. The minimum atomic E-state index is -0.0376. The topological polar surface area (TPSA) is 37.4 Å². The number of carbonyl (C=O) groups excluding carboxylic acids is 2. The molecular weight excluding hydrogens is 330 g/mol. The number of nitrogens with zero attached hydrogens (tertiary/aromatic N) is 1. The number of rotatable bonds is 1. The molecule has 21 heavy (non-hydrogen) atoms. The Morgan fingerprint density at radius 3 is 1.95 bits per heavy atom. The van der Waals surface area contributed by atoms with Crippen LogP contribution >= 0.6 is 15.9 Å². The van der Waals surface area contributed by atoms with Crippen LogP contribution in [0, 0.1) is 19.3 Å². The lowest BCUT2D eigenvalue weighted by atomic mass is 9.76. The van der Waals surface area contributed by atoms with Crippen molar-refractivity contribution in [3.8, 4) is 0 Å². The summed E-state index contributed by atoms with van der Waals surface area (Å²) in [5.41, 5.74) is 2.78. The summed E-state index contributed by atoms with van der Waals surface area (Å²) in [7, 11) is 0. The molecule has 0 N–H and O–H groups in total. The third-order valence-corrected chi connectivity index (χ3v) is 6.15. The average Bonchev–Trinajstić information content (AvgIpc) is 2.82. The van der Waals surface area contributed by atoms with E-state index in [4.69, 9.17) is 0 Å². The SMILES string of the molecule is Cc1cc(N2C(=O)CC3(CCCC3)CC2=O)cc(C)c1Br. The van der Waals surface area contributed by atoms with Gasteiger partial charge < -0.3 is 0 Å². The molecule has 2 aliphatic rings. The number of hydrogen-bond acceptors (Lipinski definition) is 2. The van der Waals surface area contributed by atoms with Crippen LogP contribution in [0.5, 0.6) is 0 Å². The van der Waals surface area contributed by atoms with Crippen molar-refractivity contribution in [2.24, 2.45) is 5.41 Å². The molecule has 3 rings (SSSR count). The van der Waals surface area contributed by atoms with E-state index in [9.17, 15) is 9.59 Å². The summed E-state index contributed by atoms with van der Waals surface area (Å²) in [5, 5.41) is 0. The molecular formula is C17H20BrNO2. The first-order valence-corrected chi connectivity index (χ1v) is 8.34. The zero-order valence-electron chi connectivity index (χ0n) is 12.5. The van der Waals surface area contributed by atoms with E-state index in [0.717, 1.165) is 47.0 Å². The molecule has 112 valence electrons. The van der Waals surface area contributed by atoms with Crippen LogP contribution in [0.25, 0.3) is 0 Å². The molecule has 0 atom stereocenters. The number of amides is 2. The molecule has 0 unspecified atom stereocenters. The summed E-state index contributed by atoms with van der Waals surface area (Å²) < 4.78 is 1.04. The second kappa shape index (κ2) is 5.24. The average molecular weight is 350 g/mol. The number of piperidine rings is 1. The number of halogens is 1. The fourth-order valence-electron chi connectivity index (χ4n) is 3.82. The van der Waals surface area contributed by atoms with Crippen LogP contribution in [0.1, 0.15) is 49.7 Å². The van der Waals surface area contributed by atoms with Gasteiger partial charge in [-0.25, -0.2) is 0 Å². The molecule has 0 aromatic heterocycles. The predicted octanol–water partition coefficient (Wildman–Crippen LogP) is 4.28. The van der Waals surface area contributed by atoms with Gasteiger partial charge in [0.15, 0.2) is 0 Å². The van der Waals surface area contributed by atoms with Crippen molar-refractivity contribution >= 4 is 33.4 Å². The molecule has 1 aromatic carbocycles. The van der Waals surface area contributed by atoms with E-state index < -0.39 is 0 Å². The third kappa shape index (κ3) is 2.54. The van der Waals surface area contributed by atoms with Gasteiger partial charge in [-0.1, -0.05) is 28.8 Å². The number of carbonyl (C=O) groups is 2. The van der Waals surface area contributed by atoms with Gasteiger partial charge in [-0.05, 0) is 55.4 Å². The van der Waals surface area contributed by atoms with Crippen LogP contribution in [-0.4, -0.2) is 11.8 Å². The number of aryl methyl sites for hydroxylation is 2. The van der Waals surface area contributed by atoms with Crippen LogP contribution in [0.2, 0.25) is 0 Å². The Hall–Kier alpha value is -1.16. The highest BCUT2D eigenvalue weighted by atomic mass is 79.9. The molecule has 0 bridgehead atoms. The smallest absolute Gasteiger partial charge is 0.234 e. The van der Waals surface area contributed by atoms with Gasteiger partial charge >= 0.3 is 0 Å². The van der Waals surface area contributed by atoms with Crippen molar-refractivity contribution in [2.45, 2.75) is 52.4 Å². The maximum Gasteiger partial charge on any atom is 0.234 e. The van der Waals surface area contributed by atoms with E-state index in [1.165, 1.54) is 4.90 Å². The molecule has 1 aromatic rings. The minimum Gasteiger partial charge on any atom is -0.274 e. The van der Waals surface area contributed by atoms with Crippen LogP contribution in [0.15, 0.2) is 16.6 Å². The Balaban J connectivity index is 1.93. The Kier molecular flexibility index (Phi) is 3.68. The van der Waals surface area contributed by atoms with Gasteiger partial charge in [0.25, 0.3) is 0 Å². The Labute approximate surface area is 133 Å². The maximum absolute atomic E-state index is 12.6. The fraction of sp³-hybridized carbons (Fsp3) is 0.529. The molecule has 1 heterocycles. The summed E-state index contributed by atoms with van der Waals surface area (Å²) in [6, 6.07) is 3.83. The zero-order valence-corrected chi connectivity index (χ0v) is 14.1. The first kappa shape index (κ1) is 14.8. The second-order valence-electron chi connectivity index (χ2n) is 6.58. The van der Waals surface area contributed by atoms with Gasteiger partial charge in [-0.15, -0.1) is 0 Å².